The number of hydrogen-bond acceptors (Lipinski definition) is 6. The maximum Gasteiger partial charge on any atom is 0.226 e. The Morgan fingerprint density at radius 3 is 2.82 bits per heavy atom. The smallest absolute Gasteiger partial charge is 0.226 e. The highest BCUT2D eigenvalue weighted by Gasteiger charge is 2.29. The van der Waals surface area contributed by atoms with Crippen molar-refractivity contribution in [3.63, 3.8) is 0 Å². The van der Waals surface area contributed by atoms with Crippen LogP contribution >= 0.6 is 22.9 Å². The molecular weight excluding hydrogens is 470 g/mol. The van der Waals surface area contributed by atoms with Crippen molar-refractivity contribution in [2.24, 2.45) is 10.9 Å². The molecule has 4 heterocycles. The van der Waals surface area contributed by atoms with E-state index in [1.807, 2.05) is 42.2 Å². The van der Waals surface area contributed by atoms with Crippen LogP contribution in [0.25, 0.3) is 5.00 Å². The van der Waals surface area contributed by atoms with Crippen LogP contribution < -0.4 is 0 Å². The average molecular weight is 496 g/mol. The van der Waals surface area contributed by atoms with Crippen molar-refractivity contribution in [1.29, 1.82) is 0 Å². The quantitative estimate of drug-likeness (QED) is 0.479. The van der Waals surface area contributed by atoms with Gasteiger partial charge in [0.15, 0.2) is 5.82 Å². The molecule has 5 rings (SSSR count). The Morgan fingerprint density at radius 2 is 2.06 bits per heavy atom. The zero-order valence-corrected chi connectivity index (χ0v) is 20.6. The van der Waals surface area contributed by atoms with E-state index in [2.05, 4.69) is 27.4 Å². The number of carbonyl (C=O) groups excluding carboxylic acids is 1. The van der Waals surface area contributed by atoms with E-state index in [4.69, 9.17) is 21.3 Å². The number of benzene rings is 1. The fourth-order valence-electron chi connectivity index (χ4n) is 4.52. The van der Waals surface area contributed by atoms with E-state index < -0.39 is 0 Å². The van der Waals surface area contributed by atoms with Gasteiger partial charge in [0.2, 0.25) is 5.91 Å². The number of nitrogens with zero attached hydrogens (tertiary/aromatic N) is 5. The Kier molecular flexibility index (Phi) is 6.63. The van der Waals surface area contributed by atoms with Gasteiger partial charge in [-0.1, -0.05) is 35.9 Å². The Bertz CT molecular complexity index is 1260. The van der Waals surface area contributed by atoms with Gasteiger partial charge in [-0.25, -0.2) is 0 Å². The summed E-state index contributed by atoms with van der Waals surface area (Å²) >= 11 is 8.23. The normalized spacial score (nSPS) is 16.3. The minimum Gasteiger partial charge on any atom is -0.378 e. The molecule has 0 radical (unpaired) electrons. The summed E-state index contributed by atoms with van der Waals surface area (Å²) < 4.78 is 7.50. The number of hydrogen-bond donors (Lipinski definition) is 0. The molecule has 0 saturated carbocycles. The van der Waals surface area contributed by atoms with Gasteiger partial charge >= 0.3 is 0 Å². The topological polar surface area (TPSA) is 72.6 Å². The van der Waals surface area contributed by atoms with Gasteiger partial charge in [0, 0.05) is 40.0 Å². The van der Waals surface area contributed by atoms with Crippen molar-refractivity contribution in [1.82, 2.24) is 19.7 Å². The Morgan fingerprint density at radius 1 is 1.26 bits per heavy atom. The maximum atomic E-state index is 13.3. The summed E-state index contributed by atoms with van der Waals surface area (Å²) in [5.41, 5.74) is 2.72. The van der Waals surface area contributed by atoms with Crippen LogP contribution in [-0.4, -0.2) is 57.6 Å². The molecule has 7 nitrogen and oxygen atoms in total. The number of aliphatic imine (C=N–C) groups is 1. The lowest BCUT2D eigenvalue weighted by Crippen LogP contribution is -2.44. The van der Waals surface area contributed by atoms with Crippen LogP contribution in [-0.2, 0) is 22.5 Å². The summed E-state index contributed by atoms with van der Waals surface area (Å²) in [5, 5.41) is 10.3. The second-order valence-electron chi connectivity index (χ2n) is 8.44. The molecule has 34 heavy (non-hydrogen) atoms. The molecule has 2 aliphatic rings. The third-order valence-electron chi connectivity index (χ3n) is 6.19. The second-order valence-corrected chi connectivity index (χ2v) is 9.96. The van der Waals surface area contributed by atoms with Gasteiger partial charge < -0.3 is 9.64 Å². The number of ether oxygens (including phenoxy) is 1. The lowest BCUT2D eigenvalue weighted by atomic mass is 9.97. The minimum absolute atomic E-state index is 0.160. The third-order valence-corrected chi connectivity index (χ3v) is 7.66. The molecule has 2 aliphatic heterocycles. The first-order valence-electron chi connectivity index (χ1n) is 11.4. The molecule has 1 saturated heterocycles. The van der Waals surface area contributed by atoms with Crippen LogP contribution in [0.2, 0.25) is 5.02 Å². The lowest BCUT2D eigenvalue weighted by Gasteiger charge is -2.30. The van der Waals surface area contributed by atoms with Crippen LogP contribution in [0, 0.1) is 12.8 Å². The summed E-state index contributed by atoms with van der Waals surface area (Å²) in [6, 6.07) is 9.90. The highest BCUT2D eigenvalue weighted by atomic mass is 35.5. The van der Waals surface area contributed by atoms with E-state index in [0.29, 0.717) is 50.7 Å². The molecule has 1 fully saturated rings. The second kappa shape index (κ2) is 9.82. The van der Waals surface area contributed by atoms with E-state index in [-0.39, 0.29) is 11.8 Å². The summed E-state index contributed by atoms with van der Waals surface area (Å²) in [6.45, 7) is 8.73. The van der Waals surface area contributed by atoms with Gasteiger partial charge in [-0.3, -0.25) is 14.4 Å². The molecule has 2 aromatic heterocycles. The van der Waals surface area contributed by atoms with Gasteiger partial charge in [-0.05, 0) is 31.9 Å². The van der Waals surface area contributed by atoms with Gasteiger partial charge in [0.05, 0.1) is 18.9 Å². The molecule has 9 heteroatoms. The first-order valence-corrected chi connectivity index (χ1v) is 12.6. The summed E-state index contributed by atoms with van der Waals surface area (Å²) in [6.07, 6.45) is 3.09. The minimum atomic E-state index is -0.167. The van der Waals surface area contributed by atoms with Crippen LogP contribution in [0.4, 0.5) is 0 Å². The maximum absolute atomic E-state index is 13.3. The van der Waals surface area contributed by atoms with E-state index in [1.165, 1.54) is 0 Å². The van der Waals surface area contributed by atoms with Crippen molar-refractivity contribution in [2.75, 3.05) is 26.3 Å². The molecule has 1 amide bonds. The van der Waals surface area contributed by atoms with Crippen molar-refractivity contribution in [2.45, 2.75) is 26.3 Å². The summed E-state index contributed by atoms with van der Waals surface area (Å²) in [5.74, 6) is 1.60. The Balaban J connectivity index is 1.54. The van der Waals surface area contributed by atoms with Gasteiger partial charge in [0.25, 0.3) is 0 Å². The van der Waals surface area contributed by atoms with Crippen LogP contribution in [0.15, 0.2) is 48.0 Å². The number of allylic oxidation sites excluding steroid dienone is 1. The number of carbonyl (C=O) groups is 1. The SMILES string of the molecule is C=CCC(Cc1cc2c(s1)-n1c(C)nnc1CN=C2c1ccccc1Cl)C(=O)N1CCOCC1. The Labute approximate surface area is 207 Å². The average Bonchev–Trinajstić information content (AvgIpc) is 3.39. The number of aromatic nitrogens is 3. The van der Waals surface area contributed by atoms with Gasteiger partial charge in [-0.15, -0.1) is 28.1 Å². The molecule has 0 spiro atoms. The molecule has 0 N–H and O–H groups in total. The number of morpholine rings is 1. The molecule has 1 atom stereocenters. The van der Waals surface area contributed by atoms with E-state index in [9.17, 15) is 4.79 Å². The molecule has 1 aromatic carbocycles. The van der Waals surface area contributed by atoms with E-state index in [1.54, 1.807) is 11.3 Å². The summed E-state index contributed by atoms with van der Waals surface area (Å²) in [7, 11) is 0. The molecule has 0 aliphatic carbocycles. The fraction of sp³-hybridized carbons (Fsp3) is 0.360. The fourth-order valence-corrected chi connectivity index (χ4v) is 6.05. The van der Waals surface area contributed by atoms with Crippen LogP contribution in [0.5, 0.6) is 0 Å². The first-order chi connectivity index (χ1) is 16.6. The number of aryl methyl sites for hydroxylation is 1. The van der Waals surface area contributed by atoms with Crippen molar-refractivity contribution >= 4 is 34.6 Å². The molecule has 3 aromatic rings. The van der Waals surface area contributed by atoms with E-state index >= 15 is 0 Å². The number of thiophene rings is 1. The zero-order chi connectivity index (χ0) is 23.7. The Hall–Kier alpha value is -2.81. The van der Waals surface area contributed by atoms with Crippen molar-refractivity contribution in [3.8, 4) is 5.00 Å². The summed E-state index contributed by atoms with van der Waals surface area (Å²) in [4.78, 5) is 21.2. The highest BCUT2D eigenvalue weighted by Crippen LogP contribution is 2.36. The van der Waals surface area contributed by atoms with Crippen molar-refractivity contribution in [3.05, 3.63) is 75.7 Å². The predicted molar refractivity (Wildman–Crippen MR) is 134 cm³/mol. The lowest BCUT2D eigenvalue weighted by molar-refractivity contribution is -0.139. The predicted octanol–water partition coefficient (Wildman–Crippen LogP) is 4.24. The number of amides is 1. The molecule has 1 unspecified atom stereocenters. The molecule has 0 bridgehead atoms. The zero-order valence-electron chi connectivity index (χ0n) is 19.0. The molecule has 176 valence electrons. The molecular formula is C25H26ClN5O2S. The standard InChI is InChI=1S/C25H26ClN5O2S/c1-3-6-17(24(32)30-9-11-33-12-10-30)13-18-14-20-23(19-7-4-5-8-21(19)26)27-15-22-29-28-16(2)31(22)25(20)34-18/h3-5,7-8,14,17H,1,6,9-13,15H2,2H3. The van der Waals surface area contributed by atoms with Gasteiger partial charge in [0.1, 0.15) is 17.4 Å². The number of halogens is 1. The number of rotatable bonds is 6. The van der Waals surface area contributed by atoms with Gasteiger partial charge in [-0.2, -0.15) is 0 Å². The highest BCUT2D eigenvalue weighted by molar-refractivity contribution is 7.15. The first kappa shape index (κ1) is 23.0. The van der Waals surface area contributed by atoms with Crippen LogP contribution in [0.3, 0.4) is 0 Å². The van der Waals surface area contributed by atoms with E-state index in [0.717, 1.165) is 38.4 Å². The van der Waals surface area contributed by atoms with Crippen molar-refractivity contribution < 1.29 is 9.53 Å². The largest absolute Gasteiger partial charge is 0.378 e. The number of fused-ring (bicyclic) bond motifs is 3. The van der Waals surface area contributed by atoms with Crippen LogP contribution in [0.1, 0.15) is 34.1 Å². The third kappa shape index (κ3) is 4.33. The monoisotopic (exact) mass is 495 g/mol.